The fourth-order valence-electron chi connectivity index (χ4n) is 2.08. The van der Waals surface area contributed by atoms with Crippen molar-refractivity contribution in [2.45, 2.75) is 32.7 Å². The molecule has 1 fully saturated rings. The minimum atomic E-state index is -2.83. The predicted octanol–water partition coefficient (Wildman–Crippen LogP) is 1.17. The number of anilines is 1. The lowest BCUT2D eigenvalue weighted by Crippen LogP contribution is -2.32. The van der Waals surface area contributed by atoms with E-state index in [1.54, 1.807) is 13.0 Å². The molecule has 0 radical (unpaired) electrons. The number of ether oxygens (including phenoxy) is 1. The molecule has 0 unspecified atom stereocenters. The summed E-state index contributed by atoms with van der Waals surface area (Å²) in [5.74, 6) is 2.36. The number of aryl methyl sites for hydroxylation is 1. The molecule has 0 saturated carbocycles. The van der Waals surface area contributed by atoms with Gasteiger partial charge in [0.15, 0.2) is 0 Å². The van der Waals surface area contributed by atoms with Crippen LogP contribution in [-0.4, -0.2) is 42.5 Å². The maximum atomic E-state index is 11.4. The molecular formula is C12H19N3O3S. The third-order valence-corrected chi connectivity index (χ3v) is 4.73. The van der Waals surface area contributed by atoms with Crippen LogP contribution in [0, 0.1) is 6.92 Å². The highest BCUT2D eigenvalue weighted by molar-refractivity contribution is 7.91. The van der Waals surface area contributed by atoms with Crippen LogP contribution < -0.4 is 10.1 Å². The van der Waals surface area contributed by atoms with Crippen molar-refractivity contribution in [3.05, 3.63) is 11.9 Å². The van der Waals surface area contributed by atoms with Crippen LogP contribution in [-0.2, 0) is 9.84 Å². The minimum Gasteiger partial charge on any atom is -0.478 e. The van der Waals surface area contributed by atoms with Gasteiger partial charge in [-0.05, 0) is 26.7 Å². The first-order chi connectivity index (χ1) is 8.98. The van der Waals surface area contributed by atoms with Crippen molar-refractivity contribution in [3.8, 4) is 5.88 Å². The first-order valence-corrected chi connectivity index (χ1v) is 8.26. The van der Waals surface area contributed by atoms with Crippen molar-refractivity contribution < 1.29 is 13.2 Å². The standard InChI is InChI=1S/C12H19N3O3S/c1-3-18-12-8-11(13-9(2)14-12)15-10-4-6-19(16,17)7-5-10/h8,10H,3-7H2,1-2H3,(H,13,14,15). The zero-order chi connectivity index (χ0) is 13.9. The van der Waals surface area contributed by atoms with Gasteiger partial charge in [-0.25, -0.2) is 13.4 Å². The molecule has 1 aromatic rings. The zero-order valence-electron chi connectivity index (χ0n) is 11.2. The summed E-state index contributed by atoms with van der Waals surface area (Å²) in [6.45, 7) is 4.26. The highest BCUT2D eigenvalue weighted by Gasteiger charge is 2.23. The summed E-state index contributed by atoms with van der Waals surface area (Å²) in [5, 5.41) is 3.26. The van der Waals surface area contributed by atoms with Crippen molar-refractivity contribution in [1.29, 1.82) is 0 Å². The highest BCUT2D eigenvalue weighted by atomic mass is 32.2. The van der Waals surface area contributed by atoms with E-state index >= 15 is 0 Å². The molecule has 19 heavy (non-hydrogen) atoms. The van der Waals surface area contributed by atoms with E-state index in [4.69, 9.17) is 4.74 Å². The van der Waals surface area contributed by atoms with Gasteiger partial charge in [0.05, 0.1) is 18.1 Å². The molecule has 2 rings (SSSR count). The molecule has 1 aromatic heterocycles. The molecule has 0 aliphatic carbocycles. The van der Waals surface area contributed by atoms with E-state index in [0.29, 0.717) is 37.0 Å². The van der Waals surface area contributed by atoms with Gasteiger partial charge in [0.2, 0.25) is 5.88 Å². The summed E-state index contributed by atoms with van der Waals surface area (Å²) in [6.07, 6.45) is 1.24. The van der Waals surface area contributed by atoms with Gasteiger partial charge in [-0.2, -0.15) is 4.98 Å². The van der Waals surface area contributed by atoms with Gasteiger partial charge < -0.3 is 10.1 Å². The molecule has 1 saturated heterocycles. The molecule has 0 atom stereocenters. The van der Waals surface area contributed by atoms with Gasteiger partial charge in [-0.1, -0.05) is 0 Å². The SMILES string of the molecule is CCOc1cc(NC2CCS(=O)(=O)CC2)nc(C)n1. The Hall–Kier alpha value is -1.37. The minimum absolute atomic E-state index is 0.146. The van der Waals surface area contributed by atoms with E-state index in [0.717, 1.165) is 0 Å². The molecule has 1 N–H and O–H groups in total. The van der Waals surface area contributed by atoms with Crippen LogP contribution in [0.4, 0.5) is 5.82 Å². The number of aromatic nitrogens is 2. The summed E-state index contributed by atoms with van der Waals surface area (Å²) in [4.78, 5) is 8.47. The predicted molar refractivity (Wildman–Crippen MR) is 73.2 cm³/mol. The van der Waals surface area contributed by atoms with Gasteiger partial charge in [0.25, 0.3) is 0 Å². The molecule has 6 nitrogen and oxygen atoms in total. The Morgan fingerprint density at radius 3 is 2.68 bits per heavy atom. The van der Waals surface area contributed by atoms with Crippen LogP contribution >= 0.6 is 0 Å². The molecule has 0 amide bonds. The van der Waals surface area contributed by atoms with E-state index in [-0.39, 0.29) is 17.5 Å². The Morgan fingerprint density at radius 2 is 2.05 bits per heavy atom. The van der Waals surface area contributed by atoms with E-state index in [1.807, 2.05) is 6.92 Å². The second-order valence-electron chi connectivity index (χ2n) is 4.64. The van der Waals surface area contributed by atoms with Gasteiger partial charge in [0, 0.05) is 12.1 Å². The number of hydrogen-bond acceptors (Lipinski definition) is 6. The van der Waals surface area contributed by atoms with Gasteiger partial charge in [0.1, 0.15) is 21.5 Å². The Morgan fingerprint density at radius 1 is 1.37 bits per heavy atom. The summed E-state index contributed by atoms with van der Waals surface area (Å²) >= 11 is 0. The number of sulfone groups is 1. The molecule has 1 aliphatic rings. The zero-order valence-corrected chi connectivity index (χ0v) is 12.0. The normalized spacial score (nSPS) is 19.1. The number of rotatable bonds is 4. The van der Waals surface area contributed by atoms with E-state index in [2.05, 4.69) is 15.3 Å². The quantitative estimate of drug-likeness (QED) is 0.894. The third kappa shape index (κ3) is 4.05. The fraction of sp³-hybridized carbons (Fsp3) is 0.667. The van der Waals surface area contributed by atoms with Gasteiger partial charge in [-0.15, -0.1) is 0 Å². The molecule has 106 valence electrons. The maximum Gasteiger partial charge on any atom is 0.218 e. The van der Waals surface area contributed by atoms with Crippen LogP contribution in [0.5, 0.6) is 5.88 Å². The topological polar surface area (TPSA) is 81.2 Å². The van der Waals surface area contributed by atoms with Crippen LogP contribution in [0.15, 0.2) is 6.07 Å². The fourth-order valence-corrected chi connectivity index (χ4v) is 3.57. The summed E-state index contributed by atoms with van der Waals surface area (Å²) < 4.78 is 28.1. The Kier molecular flexibility index (Phi) is 4.24. The molecule has 0 aromatic carbocycles. The average molecular weight is 285 g/mol. The van der Waals surface area contributed by atoms with E-state index < -0.39 is 9.84 Å². The van der Waals surface area contributed by atoms with Crippen molar-refractivity contribution in [1.82, 2.24) is 9.97 Å². The average Bonchev–Trinajstić information content (AvgIpc) is 2.32. The number of hydrogen-bond donors (Lipinski definition) is 1. The second-order valence-corrected chi connectivity index (χ2v) is 6.95. The first-order valence-electron chi connectivity index (χ1n) is 6.44. The van der Waals surface area contributed by atoms with Crippen molar-refractivity contribution in [3.63, 3.8) is 0 Å². The smallest absolute Gasteiger partial charge is 0.218 e. The highest BCUT2D eigenvalue weighted by Crippen LogP contribution is 2.19. The van der Waals surface area contributed by atoms with Crippen LogP contribution in [0.1, 0.15) is 25.6 Å². The Balaban J connectivity index is 2.03. The molecular weight excluding hydrogens is 266 g/mol. The van der Waals surface area contributed by atoms with Gasteiger partial charge in [-0.3, -0.25) is 0 Å². The lowest BCUT2D eigenvalue weighted by atomic mass is 10.1. The van der Waals surface area contributed by atoms with Gasteiger partial charge >= 0.3 is 0 Å². The second kappa shape index (κ2) is 5.73. The molecule has 0 spiro atoms. The molecule has 1 aliphatic heterocycles. The van der Waals surface area contributed by atoms with Crippen LogP contribution in [0.3, 0.4) is 0 Å². The summed E-state index contributed by atoms with van der Waals surface area (Å²) in [7, 11) is -2.83. The lowest BCUT2D eigenvalue weighted by molar-refractivity contribution is 0.325. The largest absolute Gasteiger partial charge is 0.478 e. The summed E-state index contributed by atoms with van der Waals surface area (Å²) in [6, 6.07) is 1.90. The van der Waals surface area contributed by atoms with Crippen molar-refractivity contribution >= 4 is 15.7 Å². The monoisotopic (exact) mass is 285 g/mol. The van der Waals surface area contributed by atoms with Crippen LogP contribution in [0.25, 0.3) is 0 Å². The van der Waals surface area contributed by atoms with E-state index in [1.165, 1.54) is 0 Å². The number of nitrogens with one attached hydrogen (secondary N) is 1. The number of nitrogens with zero attached hydrogens (tertiary/aromatic N) is 2. The third-order valence-electron chi connectivity index (χ3n) is 3.01. The lowest BCUT2D eigenvalue weighted by Gasteiger charge is -2.23. The van der Waals surface area contributed by atoms with Crippen LogP contribution in [0.2, 0.25) is 0 Å². The maximum absolute atomic E-state index is 11.4. The first kappa shape index (κ1) is 14.0. The summed E-state index contributed by atoms with van der Waals surface area (Å²) in [5.41, 5.74) is 0. The van der Waals surface area contributed by atoms with Crippen molar-refractivity contribution in [2.24, 2.45) is 0 Å². The molecule has 2 heterocycles. The Bertz CT molecular complexity index is 531. The van der Waals surface area contributed by atoms with Crippen molar-refractivity contribution in [2.75, 3.05) is 23.4 Å². The van der Waals surface area contributed by atoms with E-state index in [9.17, 15) is 8.42 Å². The Labute approximate surface area is 113 Å². The molecule has 7 heteroatoms. The molecule has 0 bridgehead atoms.